The maximum Gasteiger partial charge on any atom is 0.311 e. The monoisotopic (exact) mass is 304 g/mol. The van der Waals surface area contributed by atoms with Gasteiger partial charge < -0.3 is 5.11 Å². The van der Waals surface area contributed by atoms with E-state index in [0.29, 0.717) is 6.42 Å². The molecule has 0 amide bonds. The summed E-state index contributed by atoms with van der Waals surface area (Å²) in [6.07, 6.45) is 0.507. The molecule has 0 aromatic heterocycles. The van der Waals surface area contributed by atoms with Gasteiger partial charge >= 0.3 is 5.97 Å². The summed E-state index contributed by atoms with van der Waals surface area (Å²) in [7, 11) is 0. The molecule has 2 aromatic rings. The van der Waals surface area contributed by atoms with Crippen molar-refractivity contribution in [1.29, 1.82) is 0 Å². The van der Waals surface area contributed by atoms with E-state index in [1.54, 1.807) is 0 Å². The van der Waals surface area contributed by atoms with Crippen LogP contribution in [0.25, 0.3) is 0 Å². The van der Waals surface area contributed by atoms with Crippen LogP contribution in [-0.2, 0) is 11.2 Å². The number of carboxylic acid groups (broad SMARTS) is 1. The van der Waals surface area contributed by atoms with Gasteiger partial charge in [0, 0.05) is 4.47 Å². The average molecular weight is 305 g/mol. The van der Waals surface area contributed by atoms with Crippen LogP contribution < -0.4 is 0 Å². The third kappa shape index (κ3) is 3.20. The molecule has 0 fully saturated rings. The number of hydrogen-bond donors (Lipinski definition) is 1. The summed E-state index contributed by atoms with van der Waals surface area (Å²) in [6, 6.07) is 17.2. The number of halogens is 1. The zero-order chi connectivity index (χ0) is 13.0. The Bertz CT molecular complexity index is 537. The van der Waals surface area contributed by atoms with Gasteiger partial charge in [0.1, 0.15) is 0 Å². The SMILES string of the molecule is O=C(O)C(Cc1ccccc1)c1cccc(Br)c1. The smallest absolute Gasteiger partial charge is 0.311 e. The molecule has 0 radical (unpaired) electrons. The van der Waals surface area contributed by atoms with Gasteiger partial charge in [-0.25, -0.2) is 0 Å². The van der Waals surface area contributed by atoms with Crippen molar-refractivity contribution in [3.63, 3.8) is 0 Å². The quantitative estimate of drug-likeness (QED) is 0.931. The maximum atomic E-state index is 11.4. The maximum absolute atomic E-state index is 11.4. The molecule has 92 valence electrons. The summed E-state index contributed by atoms with van der Waals surface area (Å²) < 4.78 is 0.902. The second-order valence-corrected chi connectivity index (χ2v) is 5.05. The Balaban J connectivity index is 2.27. The van der Waals surface area contributed by atoms with Crippen LogP contribution >= 0.6 is 15.9 Å². The van der Waals surface area contributed by atoms with E-state index >= 15 is 0 Å². The molecule has 0 aliphatic carbocycles. The zero-order valence-corrected chi connectivity index (χ0v) is 11.3. The lowest BCUT2D eigenvalue weighted by atomic mass is 9.92. The van der Waals surface area contributed by atoms with E-state index in [9.17, 15) is 9.90 Å². The van der Waals surface area contributed by atoms with Gasteiger partial charge in [-0.15, -0.1) is 0 Å². The Kier molecular flexibility index (Phi) is 4.15. The first-order valence-corrected chi connectivity index (χ1v) is 6.48. The Morgan fingerprint density at radius 1 is 1.11 bits per heavy atom. The van der Waals surface area contributed by atoms with E-state index < -0.39 is 11.9 Å². The van der Waals surface area contributed by atoms with Crippen molar-refractivity contribution in [3.05, 3.63) is 70.2 Å². The molecule has 0 saturated heterocycles. The fourth-order valence-electron chi connectivity index (χ4n) is 1.92. The van der Waals surface area contributed by atoms with Crippen LogP contribution in [0, 0.1) is 0 Å². The van der Waals surface area contributed by atoms with Gasteiger partial charge in [0.25, 0.3) is 0 Å². The van der Waals surface area contributed by atoms with Gasteiger partial charge in [-0.05, 0) is 29.7 Å². The van der Waals surface area contributed by atoms with Crippen molar-refractivity contribution >= 4 is 21.9 Å². The van der Waals surface area contributed by atoms with E-state index in [0.717, 1.165) is 15.6 Å². The predicted molar refractivity (Wildman–Crippen MR) is 74.7 cm³/mol. The number of carboxylic acids is 1. The first kappa shape index (κ1) is 12.8. The highest BCUT2D eigenvalue weighted by Crippen LogP contribution is 2.24. The Morgan fingerprint density at radius 3 is 2.44 bits per heavy atom. The minimum Gasteiger partial charge on any atom is -0.481 e. The van der Waals surface area contributed by atoms with Crippen molar-refractivity contribution in [3.8, 4) is 0 Å². The number of hydrogen-bond acceptors (Lipinski definition) is 1. The number of aliphatic carboxylic acids is 1. The van der Waals surface area contributed by atoms with Crippen LogP contribution in [0.15, 0.2) is 59.1 Å². The van der Waals surface area contributed by atoms with Crippen LogP contribution in [-0.4, -0.2) is 11.1 Å². The molecule has 1 unspecified atom stereocenters. The van der Waals surface area contributed by atoms with Crippen molar-refractivity contribution in [2.45, 2.75) is 12.3 Å². The van der Waals surface area contributed by atoms with Gasteiger partial charge in [-0.1, -0.05) is 58.4 Å². The van der Waals surface area contributed by atoms with Crippen molar-refractivity contribution < 1.29 is 9.90 Å². The van der Waals surface area contributed by atoms with Gasteiger partial charge in [-0.3, -0.25) is 4.79 Å². The van der Waals surface area contributed by atoms with E-state index in [1.807, 2.05) is 54.6 Å². The molecule has 0 bridgehead atoms. The standard InChI is InChI=1S/C15H13BrO2/c16-13-8-4-7-12(10-13)14(15(17)18)9-11-5-2-1-3-6-11/h1-8,10,14H,9H2,(H,17,18). The summed E-state index contributed by atoms with van der Waals surface area (Å²) in [6.45, 7) is 0. The van der Waals surface area contributed by atoms with Gasteiger partial charge in [0.15, 0.2) is 0 Å². The average Bonchev–Trinajstić information content (AvgIpc) is 2.37. The largest absolute Gasteiger partial charge is 0.481 e. The van der Waals surface area contributed by atoms with Crippen molar-refractivity contribution in [2.75, 3.05) is 0 Å². The van der Waals surface area contributed by atoms with E-state index in [1.165, 1.54) is 0 Å². The fraction of sp³-hybridized carbons (Fsp3) is 0.133. The lowest BCUT2D eigenvalue weighted by molar-refractivity contribution is -0.138. The molecular formula is C15H13BrO2. The number of benzene rings is 2. The summed E-state index contributed by atoms with van der Waals surface area (Å²) in [5, 5.41) is 9.36. The number of rotatable bonds is 4. The molecule has 2 nitrogen and oxygen atoms in total. The molecule has 0 aliphatic rings. The van der Waals surface area contributed by atoms with Crippen molar-refractivity contribution in [1.82, 2.24) is 0 Å². The highest BCUT2D eigenvalue weighted by Gasteiger charge is 2.20. The first-order valence-electron chi connectivity index (χ1n) is 5.69. The molecule has 3 heteroatoms. The molecule has 0 heterocycles. The van der Waals surface area contributed by atoms with Crippen LogP contribution in [0.4, 0.5) is 0 Å². The van der Waals surface area contributed by atoms with Gasteiger partial charge in [0.05, 0.1) is 5.92 Å². The van der Waals surface area contributed by atoms with E-state index in [4.69, 9.17) is 0 Å². The molecule has 18 heavy (non-hydrogen) atoms. The first-order chi connectivity index (χ1) is 8.66. The molecule has 2 aromatic carbocycles. The summed E-state index contributed by atoms with van der Waals surface area (Å²) in [4.78, 5) is 11.4. The number of carbonyl (C=O) groups is 1. The minimum atomic E-state index is -0.794. The summed E-state index contributed by atoms with van der Waals surface area (Å²) in [5.74, 6) is -1.30. The second-order valence-electron chi connectivity index (χ2n) is 4.14. The molecule has 1 atom stereocenters. The Labute approximate surface area is 114 Å². The Hall–Kier alpha value is -1.61. The summed E-state index contributed by atoms with van der Waals surface area (Å²) >= 11 is 3.37. The molecule has 0 saturated carbocycles. The molecule has 1 N–H and O–H groups in total. The second kappa shape index (κ2) is 5.83. The molecular weight excluding hydrogens is 292 g/mol. The van der Waals surface area contributed by atoms with Gasteiger partial charge in [0.2, 0.25) is 0 Å². The topological polar surface area (TPSA) is 37.3 Å². The third-order valence-electron chi connectivity index (χ3n) is 2.83. The van der Waals surface area contributed by atoms with Crippen LogP contribution in [0.5, 0.6) is 0 Å². The van der Waals surface area contributed by atoms with E-state index in [2.05, 4.69) is 15.9 Å². The Morgan fingerprint density at radius 2 is 1.83 bits per heavy atom. The van der Waals surface area contributed by atoms with Gasteiger partial charge in [-0.2, -0.15) is 0 Å². The third-order valence-corrected chi connectivity index (χ3v) is 3.33. The summed E-state index contributed by atoms with van der Waals surface area (Å²) in [5.41, 5.74) is 1.85. The fourth-order valence-corrected chi connectivity index (χ4v) is 2.34. The minimum absolute atomic E-state index is 0.507. The van der Waals surface area contributed by atoms with Crippen LogP contribution in [0.2, 0.25) is 0 Å². The molecule has 2 rings (SSSR count). The normalized spacial score (nSPS) is 12.1. The predicted octanol–water partition coefficient (Wildman–Crippen LogP) is 3.86. The zero-order valence-electron chi connectivity index (χ0n) is 9.71. The lowest BCUT2D eigenvalue weighted by Gasteiger charge is -2.13. The van der Waals surface area contributed by atoms with Crippen LogP contribution in [0.1, 0.15) is 17.0 Å². The highest BCUT2D eigenvalue weighted by atomic mass is 79.9. The van der Waals surface area contributed by atoms with Crippen LogP contribution in [0.3, 0.4) is 0 Å². The molecule has 0 spiro atoms. The highest BCUT2D eigenvalue weighted by molar-refractivity contribution is 9.10. The molecule has 0 aliphatic heterocycles. The van der Waals surface area contributed by atoms with Crippen molar-refractivity contribution in [2.24, 2.45) is 0 Å². The lowest BCUT2D eigenvalue weighted by Crippen LogP contribution is -2.14. The van der Waals surface area contributed by atoms with E-state index in [-0.39, 0.29) is 0 Å².